The highest BCUT2D eigenvalue weighted by Crippen LogP contribution is 2.16. The number of amides is 2. The average Bonchev–Trinajstić information content (AvgIpc) is 2.85. The van der Waals surface area contributed by atoms with E-state index >= 15 is 0 Å². The molecular weight excluding hydrogens is 326 g/mol. The van der Waals surface area contributed by atoms with Crippen LogP contribution in [0.1, 0.15) is 10.6 Å². The zero-order chi connectivity index (χ0) is 14.7. The molecule has 0 aromatic carbocycles. The number of carbonyl (C=O) groups is 2. The van der Waals surface area contributed by atoms with E-state index in [9.17, 15) is 9.59 Å². The van der Waals surface area contributed by atoms with Crippen molar-refractivity contribution in [2.75, 3.05) is 46.8 Å². The van der Waals surface area contributed by atoms with E-state index in [0.717, 1.165) is 0 Å². The summed E-state index contributed by atoms with van der Waals surface area (Å²) >= 11 is 3.19. The van der Waals surface area contributed by atoms with Gasteiger partial charge < -0.3 is 14.2 Å². The fraction of sp³-hybridized carbons (Fsp3) is 0.538. The van der Waals surface area contributed by atoms with Crippen LogP contribution >= 0.6 is 15.9 Å². The van der Waals surface area contributed by atoms with E-state index in [1.807, 2.05) is 0 Å². The summed E-state index contributed by atoms with van der Waals surface area (Å²) < 4.78 is 5.82. The molecule has 1 aromatic rings. The number of piperazine rings is 1. The van der Waals surface area contributed by atoms with Crippen LogP contribution in [0.2, 0.25) is 0 Å². The largest absolute Gasteiger partial charge is 0.444 e. The minimum Gasteiger partial charge on any atom is -0.444 e. The van der Waals surface area contributed by atoms with Crippen molar-refractivity contribution >= 4 is 27.7 Å². The van der Waals surface area contributed by atoms with Crippen LogP contribution in [0.3, 0.4) is 0 Å². The lowest BCUT2D eigenvalue weighted by atomic mass is 10.3. The third-order valence-electron chi connectivity index (χ3n) is 3.30. The average molecular weight is 344 g/mol. The Labute approximate surface area is 126 Å². The van der Waals surface area contributed by atoms with Gasteiger partial charge in [0.15, 0.2) is 10.4 Å². The van der Waals surface area contributed by atoms with Gasteiger partial charge in [0.05, 0.1) is 6.54 Å². The molecule has 1 fully saturated rings. The number of halogens is 1. The molecule has 20 heavy (non-hydrogen) atoms. The van der Waals surface area contributed by atoms with Crippen molar-refractivity contribution in [2.45, 2.75) is 0 Å². The van der Waals surface area contributed by atoms with E-state index in [1.54, 1.807) is 36.0 Å². The van der Waals surface area contributed by atoms with E-state index in [2.05, 4.69) is 20.8 Å². The highest BCUT2D eigenvalue weighted by molar-refractivity contribution is 9.10. The predicted molar refractivity (Wildman–Crippen MR) is 77.4 cm³/mol. The Morgan fingerprint density at radius 1 is 1.25 bits per heavy atom. The number of furan rings is 1. The van der Waals surface area contributed by atoms with Gasteiger partial charge in [-0.15, -0.1) is 0 Å². The molecule has 0 spiro atoms. The second-order valence-corrected chi connectivity index (χ2v) is 5.74. The Hall–Kier alpha value is -1.34. The van der Waals surface area contributed by atoms with Crippen LogP contribution in [-0.4, -0.2) is 73.3 Å². The van der Waals surface area contributed by atoms with Gasteiger partial charge in [0, 0.05) is 40.3 Å². The van der Waals surface area contributed by atoms with Gasteiger partial charge in [-0.1, -0.05) is 0 Å². The second-order valence-electron chi connectivity index (χ2n) is 4.96. The lowest BCUT2D eigenvalue weighted by Crippen LogP contribution is -2.50. The van der Waals surface area contributed by atoms with Crippen LogP contribution in [0.4, 0.5) is 0 Å². The van der Waals surface area contributed by atoms with Crippen molar-refractivity contribution in [3.05, 3.63) is 22.6 Å². The molecule has 0 unspecified atom stereocenters. The normalized spacial score (nSPS) is 16.2. The number of hydrogen-bond donors (Lipinski definition) is 0. The highest BCUT2D eigenvalue weighted by Gasteiger charge is 2.25. The number of carbonyl (C=O) groups excluding carboxylic acids is 2. The van der Waals surface area contributed by atoms with Crippen LogP contribution in [0.5, 0.6) is 0 Å². The molecular formula is C13H18BrN3O3. The van der Waals surface area contributed by atoms with E-state index < -0.39 is 0 Å². The first kappa shape index (κ1) is 15.1. The number of hydrogen-bond acceptors (Lipinski definition) is 4. The fourth-order valence-corrected chi connectivity index (χ4v) is 2.33. The lowest BCUT2D eigenvalue weighted by Gasteiger charge is -2.34. The van der Waals surface area contributed by atoms with E-state index in [-0.39, 0.29) is 11.8 Å². The topological polar surface area (TPSA) is 57.0 Å². The molecule has 1 aromatic heterocycles. The van der Waals surface area contributed by atoms with E-state index in [1.165, 1.54) is 0 Å². The molecule has 2 heterocycles. The van der Waals surface area contributed by atoms with E-state index in [4.69, 9.17) is 4.42 Å². The molecule has 2 amide bonds. The van der Waals surface area contributed by atoms with Crippen molar-refractivity contribution in [2.24, 2.45) is 0 Å². The summed E-state index contributed by atoms with van der Waals surface area (Å²) in [5.74, 6) is 0.323. The van der Waals surface area contributed by atoms with E-state index in [0.29, 0.717) is 43.2 Å². The van der Waals surface area contributed by atoms with Gasteiger partial charge in [-0.25, -0.2) is 0 Å². The summed E-state index contributed by atoms with van der Waals surface area (Å²) in [5.41, 5.74) is 0. The lowest BCUT2D eigenvalue weighted by molar-refractivity contribution is -0.130. The molecule has 7 heteroatoms. The molecule has 0 radical (unpaired) electrons. The molecule has 1 aliphatic rings. The van der Waals surface area contributed by atoms with Crippen LogP contribution < -0.4 is 0 Å². The minimum absolute atomic E-state index is 0.0831. The second kappa shape index (κ2) is 6.41. The minimum atomic E-state index is -0.103. The molecule has 0 saturated carbocycles. The zero-order valence-corrected chi connectivity index (χ0v) is 13.2. The van der Waals surface area contributed by atoms with Crippen LogP contribution in [0.25, 0.3) is 0 Å². The first-order chi connectivity index (χ1) is 9.47. The smallest absolute Gasteiger partial charge is 0.289 e. The summed E-state index contributed by atoms with van der Waals surface area (Å²) in [4.78, 5) is 29.2. The van der Waals surface area contributed by atoms with Crippen molar-refractivity contribution in [1.82, 2.24) is 14.7 Å². The number of rotatable bonds is 3. The Morgan fingerprint density at radius 3 is 2.40 bits per heavy atom. The van der Waals surface area contributed by atoms with Gasteiger partial charge >= 0.3 is 0 Å². The maximum absolute atomic E-state index is 12.2. The van der Waals surface area contributed by atoms with Gasteiger partial charge in [-0.3, -0.25) is 14.5 Å². The molecule has 1 saturated heterocycles. The van der Waals surface area contributed by atoms with Gasteiger partial charge in [0.1, 0.15) is 0 Å². The third kappa shape index (κ3) is 3.61. The molecule has 2 rings (SSSR count). The number of likely N-dealkylation sites (N-methyl/N-ethyl adjacent to an activating group) is 1. The van der Waals surface area contributed by atoms with Crippen LogP contribution in [0.15, 0.2) is 21.2 Å². The first-order valence-corrected chi connectivity index (χ1v) is 7.24. The van der Waals surface area contributed by atoms with Crippen molar-refractivity contribution in [3.63, 3.8) is 0 Å². The summed E-state index contributed by atoms with van der Waals surface area (Å²) in [7, 11) is 3.49. The van der Waals surface area contributed by atoms with Crippen molar-refractivity contribution in [1.29, 1.82) is 0 Å². The Balaban J connectivity index is 1.85. The van der Waals surface area contributed by atoms with Gasteiger partial charge in [0.2, 0.25) is 5.91 Å². The standard InChI is InChI=1S/C13H18BrN3O3/c1-15(2)12(18)9-16-5-7-17(8-6-16)13(19)10-3-4-11(14)20-10/h3-4H,5-9H2,1-2H3. The number of nitrogens with zero attached hydrogens (tertiary/aromatic N) is 3. The molecule has 6 nitrogen and oxygen atoms in total. The summed E-state index contributed by atoms with van der Waals surface area (Å²) in [5, 5.41) is 0. The zero-order valence-electron chi connectivity index (χ0n) is 11.6. The van der Waals surface area contributed by atoms with Gasteiger partial charge in [-0.05, 0) is 28.1 Å². The molecule has 0 bridgehead atoms. The maximum Gasteiger partial charge on any atom is 0.289 e. The quantitative estimate of drug-likeness (QED) is 0.817. The maximum atomic E-state index is 12.2. The Kier molecular flexibility index (Phi) is 4.82. The molecule has 0 aliphatic carbocycles. The Bertz CT molecular complexity index is 493. The third-order valence-corrected chi connectivity index (χ3v) is 3.73. The van der Waals surface area contributed by atoms with Crippen molar-refractivity contribution in [3.8, 4) is 0 Å². The first-order valence-electron chi connectivity index (χ1n) is 6.44. The summed E-state index contributed by atoms with van der Waals surface area (Å²) in [6, 6.07) is 3.37. The van der Waals surface area contributed by atoms with Crippen molar-refractivity contribution < 1.29 is 14.0 Å². The molecule has 0 N–H and O–H groups in total. The summed E-state index contributed by atoms with van der Waals surface area (Å²) in [6.45, 7) is 3.03. The molecule has 1 aliphatic heterocycles. The SMILES string of the molecule is CN(C)C(=O)CN1CCN(C(=O)c2ccc(Br)o2)CC1. The Morgan fingerprint density at radius 2 is 1.90 bits per heavy atom. The van der Waals surface area contributed by atoms with Gasteiger partial charge in [0.25, 0.3) is 5.91 Å². The van der Waals surface area contributed by atoms with Crippen LogP contribution in [-0.2, 0) is 4.79 Å². The predicted octanol–water partition coefficient (Wildman–Crippen LogP) is 0.888. The molecule has 0 atom stereocenters. The fourth-order valence-electron chi connectivity index (χ4n) is 2.03. The highest BCUT2D eigenvalue weighted by atomic mass is 79.9. The van der Waals surface area contributed by atoms with Gasteiger partial charge in [-0.2, -0.15) is 0 Å². The van der Waals surface area contributed by atoms with Crippen LogP contribution in [0, 0.1) is 0 Å². The monoisotopic (exact) mass is 343 g/mol. The molecule has 110 valence electrons. The summed E-state index contributed by atoms with van der Waals surface area (Å²) in [6.07, 6.45) is 0.